The van der Waals surface area contributed by atoms with E-state index in [2.05, 4.69) is 15.3 Å². The first-order valence-corrected chi connectivity index (χ1v) is 13.3. The number of aliphatic carboxylic acids is 1. The number of nitrogens with zero attached hydrogens (tertiary/aromatic N) is 4. The van der Waals surface area contributed by atoms with Crippen molar-refractivity contribution in [2.24, 2.45) is 0 Å². The molecule has 3 aliphatic carbocycles. The number of nitrogens with one attached hydrogen (secondary N) is 1. The summed E-state index contributed by atoms with van der Waals surface area (Å²) in [5.74, 6) is -2.08. The highest BCUT2D eigenvalue weighted by molar-refractivity contribution is 6.05. The molecule has 3 aromatic heterocycles. The Balaban J connectivity index is 1.41. The summed E-state index contributed by atoms with van der Waals surface area (Å²) in [6.45, 7) is 1.91. The Kier molecular flexibility index (Phi) is 6.58. The van der Waals surface area contributed by atoms with Gasteiger partial charge in [0.05, 0.1) is 18.4 Å². The molecule has 0 saturated heterocycles. The Hall–Kier alpha value is -5.01. The topological polar surface area (TPSA) is 145 Å². The lowest BCUT2D eigenvalue weighted by Crippen LogP contribution is -2.43. The van der Waals surface area contributed by atoms with Gasteiger partial charge in [-0.2, -0.15) is 17.6 Å². The number of alkyl halides is 3. The Bertz CT molecular complexity index is 1840. The van der Waals surface area contributed by atoms with Crippen LogP contribution in [0.5, 0.6) is 5.75 Å². The van der Waals surface area contributed by atoms with Crippen molar-refractivity contribution in [1.29, 1.82) is 0 Å². The molecule has 1 fully saturated rings. The Labute approximate surface area is 241 Å². The third-order valence-electron chi connectivity index (χ3n) is 7.89. The number of anilines is 2. The van der Waals surface area contributed by atoms with Gasteiger partial charge in [0.25, 0.3) is 5.91 Å². The second kappa shape index (κ2) is 10.1. The molecule has 1 amide bonds. The van der Waals surface area contributed by atoms with Crippen LogP contribution in [0.25, 0.3) is 16.8 Å². The molecule has 0 atom stereocenters. The minimum Gasteiger partial charge on any atom is -0.493 e. The first-order valence-electron chi connectivity index (χ1n) is 13.3. The molecule has 222 valence electrons. The first kappa shape index (κ1) is 28.1. The molecule has 0 radical (unpaired) electrons. The molecule has 0 aliphatic heterocycles. The minimum absolute atomic E-state index is 0.00330. The second-order valence-electron chi connectivity index (χ2n) is 10.5. The van der Waals surface area contributed by atoms with Gasteiger partial charge in [-0.3, -0.25) is 9.20 Å². The standard InChI is InChI=1S/C29H24F4N6O4/c1-2-43-19-9-14(25(40)37-21-10-16(6-8-35-21)29(31,32)33)3-4-18(19)22-23-24(34)36-13-20(30)39(23)27(38-22)28-7-5-17(26(41)42)15(11-28)12-28/h3-4,6,8-10,13H,2,5,7,11-12H2,1H3,(H2,34,36)(H,41,42)(H,35,37,40). The highest BCUT2D eigenvalue weighted by Gasteiger charge is 2.51. The summed E-state index contributed by atoms with van der Waals surface area (Å²) < 4.78 is 61.8. The van der Waals surface area contributed by atoms with E-state index in [1.54, 1.807) is 6.92 Å². The Morgan fingerprint density at radius 2 is 1.95 bits per heavy atom. The van der Waals surface area contributed by atoms with E-state index in [-0.39, 0.29) is 40.8 Å². The summed E-state index contributed by atoms with van der Waals surface area (Å²) in [5, 5.41) is 11.9. The fourth-order valence-electron chi connectivity index (χ4n) is 5.87. The van der Waals surface area contributed by atoms with Crippen LogP contribution in [0.15, 0.2) is 53.9 Å². The average Bonchev–Trinajstić information content (AvgIpc) is 3.36. The summed E-state index contributed by atoms with van der Waals surface area (Å²) in [4.78, 5) is 37.2. The number of rotatable bonds is 7. The molecular formula is C29H24F4N6O4. The van der Waals surface area contributed by atoms with Gasteiger partial charge in [-0.25, -0.2) is 19.7 Å². The summed E-state index contributed by atoms with van der Waals surface area (Å²) in [5.41, 5.74) is 6.77. The molecule has 14 heteroatoms. The smallest absolute Gasteiger partial charge is 0.416 e. The van der Waals surface area contributed by atoms with Crippen LogP contribution in [0.4, 0.5) is 29.2 Å². The highest BCUT2D eigenvalue weighted by Crippen LogP contribution is 2.57. The molecular weight excluding hydrogens is 572 g/mol. The van der Waals surface area contributed by atoms with Crippen LogP contribution in [0.2, 0.25) is 0 Å². The monoisotopic (exact) mass is 596 g/mol. The van der Waals surface area contributed by atoms with Gasteiger partial charge in [-0.05, 0) is 62.9 Å². The number of pyridine rings is 1. The van der Waals surface area contributed by atoms with E-state index in [9.17, 15) is 27.9 Å². The number of fused-ring (bicyclic) bond motifs is 3. The lowest BCUT2D eigenvalue weighted by Gasteiger charge is -2.47. The van der Waals surface area contributed by atoms with Gasteiger partial charge in [-0.15, -0.1) is 0 Å². The molecule has 1 aromatic carbocycles. The number of allylic oxidation sites excluding steroid dienone is 1. The number of nitrogen functional groups attached to an aromatic ring is 1. The van der Waals surface area contributed by atoms with Gasteiger partial charge in [-0.1, -0.05) is 5.57 Å². The molecule has 0 spiro atoms. The summed E-state index contributed by atoms with van der Waals surface area (Å²) in [7, 11) is 0. The van der Waals surface area contributed by atoms with Gasteiger partial charge in [0.1, 0.15) is 34.4 Å². The molecule has 2 bridgehead atoms. The van der Waals surface area contributed by atoms with Crippen molar-refractivity contribution in [3.05, 3.63) is 76.8 Å². The molecule has 4 N–H and O–H groups in total. The van der Waals surface area contributed by atoms with Crippen LogP contribution < -0.4 is 15.8 Å². The number of benzene rings is 1. The maximum absolute atomic E-state index is 15.4. The highest BCUT2D eigenvalue weighted by atomic mass is 19.4. The van der Waals surface area contributed by atoms with E-state index in [1.165, 1.54) is 22.6 Å². The molecule has 3 heterocycles. The van der Waals surface area contributed by atoms with Crippen molar-refractivity contribution in [2.45, 2.75) is 44.2 Å². The van der Waals surface area contributed by atoms with Crippen LogP contribution in [-0.2, 0) is 16.4 Å². The molecule has 7 rings (SSSR count). The predicted molar refractivity (Wildman–Crippen MR) is 146 cm³/mol. The molecule has 10 nitrogen and oxygen atoms in total. The van der Waals surface area contributed by atoms with Crippen molar-refractivity contribution in [3.8, 4) is 17.0 Å². The van der Waals surface area contributed by atoms with E-state index in [0.717, 1.165) is 30.1 Å². The first-order chi connectivity index (χ1) is 20.4. The zero-order valence-corrected chi connectivity index (χ0v) is 22.6. The van der Waals surface area contributed by atoms with Crippen molar-refractivity contribution in [1.82, 2.24) is 19.4 Å². The molecule has 0 unspecified atom stereocenters. The summed E-state index contributed by atoms with van der Waals surface area (Å²) in [6.07, 6.45) is -1.03. The number of nitrogens with two attached hydrogens (primary N) is 1. The SMILES string of the molecule is CCOc1cc(C(=O)Nc2cc(C(F)(F)F)ccn2)ccc1-c1nc(C23CCC(C(=O)O)=C(C2)C3)n2c(F)cnc(N)c12. The van der Waals surface area contributed by atoms with Gasteiger partial charge in [0.2, 0.25) is 5.95 Å². The number of carboxylic acid groups (broad SMARTS) is 1. The largest absolute Gasteiger partial charge is 0.493 e. The van der Waals surface area contributed by atoms with E-state index >= 15 is 4.39 Å². The van der Waals surface area contributed by atoms with E-state index < -0.39 is 35.0 Å². The number of aromatic nitrogens is 4. The van der Waals surface area contributed by atoms with E-state index in [0.29, 0.717) is 42.6 Å². The fourth-order valence-corrected chi connectivity index (χ4v) is 5.87. The van der Waals surface area contributed by atoms with Crippen molar-refractivity contribution >= 4 is 29.0 Å². The normalized spacial score (nSPS) is 15.7. The van der Waals surface area contributed by atoms with Gasteiger partial charge >= 0.3 is 12.1 Å². The number of carbonyl (C=O) groups excluding carboxylic acids is 1. The zero-order chi connectivity index (χ0) is 30.7. The number of amides is 1. The third kappa shape index (κ3) is 4.72. The quantitative estimate of drug-likeness (QED) is 0.241. The maximum Gasteiger partial charge on any atom is 0.416 e. The molecule has 4 aromatic rings. The van der Waals surface area contributed by atoms with Gasteiger partial charge in [0.15, 0.2) is 0 Å². The average molecular weight is 597 g/mol. The molecule has 43 heavy (non-hydrogen) atoms. The van der Waals surface area contributed by atoms with Crippen LogP contribution >= 0.6 is 0 Å². The van der Waals surface area contributed by atoms with E-state index in [1.807, 2.05) is 0 Å². The summed E-state index contributed by atoms with van der Waals surface area (Å²) >= 11 is 0. The third-order valence-corrected chi connectivity index (χ3v) is 7.89. The number of hydrogen-bond acceptors (Lipinski definition) is 7. The number of carbonyl (C=O) groups is 2. The number of carboxylic acids is 1. The fraction of sp³-hybridized carbons (Fsp3) is 0.276. The van der Waals surface area contributed by atoms with Crippen LogP contribution in [-0.4, -0.2) is 42.9 Å². The molecule has 3 aliphatic rings. The van der Waals surface area contributed by atoms with E-state index in [4.69, 9.17) is 15.5 Å². The second-order valence-corrected chi connectivity index (χ2v) is 10.5. The lowest BCUT2D eigenvalue weighted by molar-refractivity contribution is -0.137. The van der Waals surface area contributed by atoms with Gasteiger partial charge < -0.3 is 20.9 Å². The number of hydrogen-bond donors (Lipinski definition) is 3. The lowest BCUT2D eigenvalue weighted by atomic mass is 9.57. The van der Waals surface area contributed by atoms with Crippen molar-refractivity contribution < 1.29 is 37.0 Å². The predicted octanol–water partition coefficient (Wildman–Crippen LogP) is 5.39. The Morgan fingerprint density at radius 1 is 1.19 bits per heavy atom. The number of ether oxygens (including phenoxy) is 1. The van der Waals surface area contributed by atoms with Crippen LogP contribution in [0.1, 0.15) is 54.4 Å². The zero-order valence-electron chi connectivity index (χ0n) is 22.6. The van der Waals surface area contributed by atoms with Gasteiger partial charge in [0, 0.05) is 28.3 Å². The minimum atomic E-state index is -4.61. The maximum atomic E-state index is 15.4. The number of imidazole rings is 1. The number of halogens is 4. The summed E-state index contributed by atoms with van der Waals surface area (Å²) in [6, 6.07) is 5.88. The van der Waals surface area contributed by atoms with Crippen LogP contribution in [0.3, 0.4) is 0 Å². The van der Waals surface area contributed by atoms with Crippen molar-refractivity contribution in [3.63, 3.8) is 0 Å². The molecule has 1 saturated carbocycles. The van der Waals surface area contributed by atoms with Crippen molar-refractivity contribution in [2.75, 3.05) is 17.7 Å². The Morgan fingerprint density at radius 3 is 2.60 bits per heavy atom. The van der Waals surface area contributed by atoms with Crippen LogP contribution in [0, 0.1) is 5.95 Å².